The molecule has 0 N–H and O–H groups in total. The second-order valence-electron chi connectivity index (χ2n) is 6.33. The van der Waals surface area contributed by atoms with Crippen molar-refractivity contribution < 1.29 is 0 Å². The van der Waals surface area contributed by atoms with Gasteiger partial charge in [-0.1, -0.05) is 66.7 Å². The molecule has 27 heavy (non-hydrogen) atoms. The Morgan fingerprint density at radius 1 is 0.815 bits per heavy atom. The molecule has 0 atom stereocenters. The molecular weight excluding hydrogens is 354 g/mol. The van der Waals surface area contributed by atoms with E-state index >= 15 is 0 Å². The van der Waals surface area contributed by atoms with E-state index in [1.807, 2.05) is 43.3 Å². The van der Waals surface area contributed by atoms with Crippen molar-refractivity contribution in [1.82, 2.24) is 15.0 Å². The van der Waals surface area contributed by atoms with Crippen LogP contribution < -0.4 is 0 Å². The van der Waals surface area contributed by atoms with Crippen molar-refractivity contribution in [2.75, 3.05) is 0 Å². The fraction of sp³-hybridized carbons (Fsp3) is 0.0870. The summed E-state index contributed by atoms with van der Waals surface area (Å²) in [5, 5.41) is 2.56. The van der Waals surface area contributed by atoms with E-state index in [0.29, 0.717) is 11.6 Å². The van der Waals surface area contributed by atoms with Crippen molar-refractivity contribution >= 4 is 28.4 Å². The Hall–Kier alpha value is -3.04. The van der Waals surface area contributed by atoms with Crippen molar-refractivity contribution in [3.05, 3.63) is 83.2 Å². The number of rotatable bonds is 3. The molecular formula is C23H18ClN3. The number of hydrogen-bond donors (Lipinski definition) is 0. The van der Waals surface area contributed by atoms with E-state index in [0.717, 1.165) is 11.1 Å². The maximum absolute atomic E-state index is 6.19. The van der Waals surface area contributed by atoms with Gasteiger partial charge in [0.1, 0.15) is 0 Å². The summed E-state index contributed by atoms with van der Waals surface area (Å²) < 4.78 is 0. The van der Waals surface area contributed by atoms with Gasteiger partial charge in [0.05, 0.1) is 0 Å². The van der Waals surface area contributed by atoms with Gasteiger partial charge in [0.2, 0.25) is 5.28 Å². The molecule has 0 saturated carbocycles. The Bertz CT molecular complexity index is 1150. The van der Waals surface area contributed by atoms with Crippen LogP contribution in [0.2, 0.25) is 5.28 Å². The number of aromatic nitrogens is 3. The molecule has 0 saturated heterocycles. The number of hydrogen-bond acceptors (Lipinski definition) is 3. The second kappa shape index (κ2) is 7.29. The third-order valence-electron chi connectivity index (χ3n) is 4.58. The largest absolute Gasteiger partial charge is 0.226 e. The summed E-state index contributed by atoms with van der Waals surface area (Å²) in [5.74, 6) is 1.15. The van der Waals surface area contributed by atoms with Crippen LogP contribution >= 0.6 is 11.6 Å². The van der Waals surface area contributed by atoms with Gasteiger partial charge in [-0.05, 0) is 53.4 Å². The van der Waals surface area contributed by atoms with Crippen LogP contribution in [-0.2, 0) is 0 Å². The minimum Gasteiger partial charge on any atom is -0.208 e. The lowest BCUT2D eigenvalue weighted by atomic mass is 9.98. The van der Waals surface area contributed by atoms with E-state index in [4.69, 9.17) is 11.6 Å². The zero-order chi connectivity index (χ0) is 18.8. The monoisotopic (exact) mass is 371 g/mol. The molecule has 0 amide bonds. The van der Waals surface area contributed by atoms with E-state index in [9.17, 15) is 0 Å². The minimum absolute atomic E-state index is 0.193. The number of halogens is 1. The van der Waals surface area contributed by atoms with Gasteiger partial charge in [-0.2, -0.15) is 9.97 Å². The normalized spacial score (nSPS) is 11.4. The maximum atomic E-state index is 6.19. The summed E-state index contributed by atoms with van der Waals surface area (Å²) in [4.78, 5) is 13.3. The first-order chi connectivity index (χ1) is 13.2. The van der Waals surface area contributed by atoms with Crippen LogP contribution in [-0.4, -0.2) is 15.0 Å². The lowest BCUT2D eigenvalue weighted by molar-refractivity contribution is 1.07. The molecule has 0 aliphatic carbocycles. The molecule has 3 nitrogen and oxygen atoms in total. The summed E-state index contributed by atoms with van der Waals surface area (Å²) in [7, 11) is 0. The summed E-state index contributed by atoms with van der Waals surface area (Å²) in [6.07, 6.45) is 4.17. The first-order valence-electron chi connectivity index (χ1n) is 8.79. The van der Waals surface area contributed by atoms with E-state index in [1.54, 1.807) is 0 Å². The Labute approximate surface area is 163 Å². The fourth-order valence-electron chi connectivity index (χ4n) is 3.18. The quantitative estimate of drug-likeness (QED) is 0.421. The average molecular weight is 372 g/mol. The van der Waals surface area contributed by atoms with Crippen molar-refractivity contribution in [3.8, 4) is 22.8 Å². The van der Waals surface area contributed by atoms with E-state index in [1.165, 1.54) is 21.9 Å². The molecule has 4 aromatic rings. The molecule has 0 spiro atoms. The molecule has 132 valence electrons. The van der Waals surface area contributed by atoms with Gasteiger partial charge in [-0.15, -0.1) is 0 Å². The van der Waals surface area contributed by atoms with Crippen molar-refractivity contribution in [2.45, 2.75) is 13.8 Å². The molecule has 3 aromatic carbocycles. The molecule has 0 bridgehead atoms. The van der Waals surface area contributed by atoms with E-state index < -0.39 is 0 Å². The highest BCUT2D eigenvalue weighted by atomic mass is 35.5. The Morgan fingerprint density at radius 3 is 2.26 bits per heavy atom. The molecule has 0 unspecified atom stereocenters. The van der Waals surface area contributed by atoms with Crippen LogP contribution in [0.5, 0.6) is 0 Å². The first-order valence-corrected chi connectivity index (χ1v) is 9.17. The predicted molar refractivity (Wildman–Crippen MR) is 113 cm³/mol. The maximum Gasteiger partial charge on any atom is 0.226 e. The van der Waals surface area contributed by atoms with E-state index in [2.05, 4.69) is 58.3 Å². The predicted octanol–water partition coefficient (Wildman–Crippen LogP) is 6.35. The van der Waals surface area contributed by atoms with Crippen molar-refractivity contribution in [2.24, 2.45) is 0 Å². The molecule has 0 radical (unpaired) electrons. The van der Waals surface area contributed by atoms with Gasteiger partial charge in [-0.3, -0.25) is 0 Å². The highest BCUT2D eigenvalue weighted by Crippen LogP contribution is 2.28. The van der Waals surface area contributed by atoms with Crippen LogP contribution in [0.3, 0.4) is 0 Å². The SMILES string of the molecule is C/C=C\c1ccc2ccc(-c3nc(Cl)nc(-c4ccccc4)n3)cc2c1C. The third-order valence-corrected chi connectivity index (χ3v) is 4.75. The molecule has 0 aliphatic rings. The molecule has 1 aromatic heterocycles. The molecule has 0 fully saturated rings. The van der Waals surface area contributed by atoms with Gasteiger partial charge in [-0.25, -0.2) is 4.98 Å². The fourth-order valence-corrected chi connectivity index (χ4v) is 3.34. The number of allylic oxidation sites excluding steroid dienone is 1. The van der Waals surface area contributed by atoms with Crippen LogP contribution in [0.4, 0.5) is 0 Å². The summed E-state index contributed by atoms with van der Waals surface area (Å²) in [6, 6.07) is 20.3. The van der Waals surface area contributed by atoms with Crippen LogP contribution in [0.1, 0.15) is 18.1 Å². The summed E-state index contributed by atoms with van der Waals surface area (Å²) >= 11 is 6.19. The number of fused-ring (bicyclic) bond motifs is 1. The van der Waals surface area contributed by atoms with Gasteiger partial charge < -0.3 is 0 Å². The van der Waals surface area contributed by atoms with Gasteiger partial charge >= 0.3 is 0 Å². The van der Waals surface area contributed by atoms with E-state index in [-0.39, 0.29) is 5.28 Å². The van der Waals surface area contributed by atoms with Crippen LogP contribution in [0, 0.1) is 6.92 Å². The average Bonchev–Trinajstić information content (AvgIpc) is 2.70. The lowest BCUT2D eigenvalue weighted by Gasteiger charge is -2.09. The zero-order valence-electron chi connectivity index (χ0n) is 15.1. The highest BCUT2D eigenvalue weighted by Gasteiger charge is 2.11. The molecule has 4 rings (SSSR count). The Morgan fingerprint density at radius 2 is 1.52 bits per heavy atom. The topological polar surface area (TPSA) is 38.7 Å². The van der Waals surface area contributed by atoms with Gasteiger partial charge in [0, 0.05) is 11.1 Å². The minimum atomic E-state index is 0.193. The van der Waals surface area contributed by atoms with Gasteiger partial charge in [0.15, 0.2) is 11.6 Å². The van der Waals surface area contributed by atoms with Crippen molar-refractivity contribution in [1.29, 1.82) is 0 Å². The summed E-state index contributed by atoms with van der Waals surface area (Å²) in [5.41, 5.74) is 4.27. The lowest BCUT2D eigenvalue weighted by Crippen LogP contribution is -1.97. The van der Waals surface area contributed by atoms with Crippen LogP contribution in [0.25, 0.3) is 39.6 Å². The molecule has 0 aliphatic heterocycles. The highest BCUT2D eigenvalue weighted by molar-refractivity contribution is 6.28. The second-order valence-corrected chi connectivity index (χ2v) is 6.67. The molecule has 1 heterocycles. The van der Waals surface area contributed by atoms with Crippen LogP contribution in [0.15, 0.2) is 66.7 Å². The van der Waals surface area contributed by atoms with Crippen molar-refractivity contribution in [3.63, 3.8) is 0 Å². The molecule has 4 heteroatoms. The van der Waals surface area contributed by atoms with Gasteiger partial charge in [0.25, 0.3) is 0 Å². The smallest absolute Gasteiger partial charge is 0.208 e. The number of benzene rings is 3. The Kier molecular flexibility index (Phi) is 4.69. The zero-order valence-corrected chi connectivity index (χ0v) is 15.9. The Balaban J connectivity index is 1.87. The summed E-state index contributed by atoms with van der Waals surface area (Å²) in [6.45, 7) is 4.16. The number of aryl methyl sites for hydroxylation is 1. The number of nitrogens with zero attached hydrogens (tertiary/aromatic N) is 3. The first kappa shape index (κ1) is 17.4. The standard InChI is InChI=1S/C23H18ClN3/c1-3-7-16-10-11-17-12-13-19(14-20(17)15(16)2)22-25-21(26-23(24)27-22)18-8-5-4-6-9-18/h3-14H,1-2H3/b7-3-. The third kappa shape index (κ3) is 3.46.